The highest BCUT2D eigenvalue weighted by molar-refractivity contribution is 8.00. The van der Waals surface area contributed by atoms with Gasteiger partial charge in [0, 0.05) is 6.04 Å². The lowest BCUT2D eigenvalue weighted by Gasteiger charge is -2.35. The van der Waals surface area contributed by atoms with E-state index in [4.69, 9.17) is 0 Å². The van der Waals surface area contributed by atoms with Crippen molar-refractivity contribution < 1.29 is 9.18 Å². The van der Waals surface area contributed by atoms with Crippen LogP contribution in [-0.4, -0.2) is 37.4 Å². The number of halogens is 1. The van der Waals surface area contributed by atoms with Gasteiger partial charge < -0.3 is 5.32 Å². The van der Waals surface area contributed by atoms with Crippen LogP contribution in [0, 0.1) is 17.7 Å². The summed E-state index contributed by atoms with van der Waals surface area (Å²) in [5.41, 5.74) is 0.528. The zero-order valence-corrected chi connectivity index (χ0v) is 16.0. The maximum Gasteiger partial charge on any atom is 0.233 e. The molecule has 0 spiro atoms. The first-order valence-electron chi connectivity index (χ1n) is 8.97. The van der Waals surface area contributed by atoms with Crippen LogP contribution in [0.5, 0.6) is 0 Å². The van der Waals surface area contributed by atoms with Crippen molar-refractivity contribution in [2.45, 2.75) is 56.5 Å². The quantitative estimate of drug-likeness (QED) is 0.810. The second-order valence-electron chi connectivity index (χ2n) is 7.00. The fourth-order valence-corrected chi connectivity index (χ4v) is 4.14. The van der Waals surface area contributed by atoms with Crippen LogP contribution in [0.4, 0.5) is 4.39 Å². The molecule has 4 atom stereocenters. The summed E-state index contributed by atoms with van der Waals surface area (Å²) >= 11 is 1.27. The maximum absolute atomic E-state index is 13.5. The third kappa shape index (κ3) is 4.23. The molecule has 0 bridgehead atoms. The number of benzene rings is 1. The van der Waals surface area contributed by atoms with Gasteiger partial charge in [-0.05, 0) is 53.8 Å². The van der Waals surface area contributed by atoms with E-state index in [1.165, 1.54) is 35.0 Å². The maximum atomic E-state index is 13.5. The van der Waals surface area contributed by atoms with Gasteiger partial charge in [-0.25, -0.2) is 4.39 Å². The minimum absolute atomic E-state index is 0.0188. The van der Waals surface area contributed by atoms with E-state index in [9.17, 15) is 9.18 Å². The average Bonchev–Trinajstić information content (AvgIpc) is 3.07. The summed E-state index contributed by atoms with van der Waals surface area (Å²) in [5.74, 6) is 0.717. The molecule has 0 unspecified atom stereocenters. The van der Waals surface area contributed by atoms with E-state index in [-0.39, 0.29) is 23.0 Å². The molecule has 0 aliphatic heterocycles. The number of amides is 1. The molecule has 1 aromatic carbocycles. The Bertz CT molecular complexity index is 768. The topological polar surface area (TPSA) is 72.7 Å². The zero-order chi connectivity index (χ0) is 18.7. The molecule has 140 valence electrons. The van der Waals surface area contributed by atoms with Crippen LogP contribution in [0.3, 0.4) is 0 Å². The van der Waals surface area contributed by atoms with Gasteiger partial charge in [0.25, 0.3) is 0 Å². The highest BCUT2D eigenvalue weighted by atomic mass is 32.2. The van der Waals surface area contributed by atoms with Crippen molar-refractivity contribution in [1.29, 1.82) is 0 Å². The van der Waals surface area contributed by atoms with Crippen LogP contribution in [0.15, 0.2) is 29.4 Å². The van der Waals surface area contributed by atoms with E-state index < -0.39 is 0 Å². The molecule has 1 fully saturated rings. The molecule has 0 radical (unpaired) electrons. The van der Waals surface area contributed by atoms with Crippen molar-refractivity contribution in [2.24, 2.45) is 11.8 Å². The molecule has 1 aliphatic rings. The van der Waals surface area contributed by atoms with E-state index in [2.05, 4.69) is 34.7 Å². The summed E-state index contributed by atoms with van der Waals surface area (Å²) in [5, 5.41) is 14.9. The molecule has 0 saturated heterocycles. The van der Waals surface area contributed by atoms with Gasteiger partial charge in [-0.3, -0.25) is 4.79 Å². The van der Waals surface area contributed by atoms with Crippen LogP contribution < -0.4 is 5.32 Å². The van der Waals surface area contributed by atoms with Gasteiger partial charge in [0.2, 0.25) is 11.1 Å². The number of nitrogens with one attached hydrogen (secondary N) is 1. The Morgan fingerprint density at radius 2 is 2.19 bits per heavy atom. The number of hydrogen-bond donors (Lipinski definition) is 1. The van der Waals surface area contributed by atoms with Crippen molar-refractivity contribution in [3.8, 4) is 5.69 Å². The normalized spacial score (nSPS) is 24.2. The lowest BCUT2D eigenvalue weighted by Crippen LogP contribution is -2.46. The van der Waals surface area contributed by atoms with Crippen LogP contribution in [-0.2, 0) is 4.79 Å². The van der Waals surface area contributed by atoms with E-state index >= 15 is 0 Å². The van der Waals surface area contributed by atoms with E-state index in [1.807, 2.05) is 6.92 Å². The van der Waals surface area contributed by atoms with Gasteiger partial charge in [0.05, 0.1) is 10.9 Å². The number of hydrogen-bond acceptors (Lipinski definition) is 5. The third-order valence-electron chi connectivity index (χ3n) is 5.18. The largest absolute Gasteiger partial charge is 0.352 e. The smallest absolute Gasteiger partial charge is 0.233 e. The number of thioether (sulfide) groups is 1. The Labute approximate surface area is 156 Å². The average molecular weight is 377 g/mol. The van der Waals surface area contributed by atoms with Crippen LogP contribution in [0.2, 0.25) is 0 Å². The molecule has 1 amide bonds. The van der Waals surface area contributed by atoms with E-state index in [0.29, 0.717) is 22.7 Å². The summed E-state index contributed by atoms with van der Waals surface area (Å²) < 4.78 is 14.9. The van der Waals surface area contributed by atoms with Crippen molar-refractivity contribution in [3.05, 3.63) is 30.1 Å². The van der Waals surface area contributed by atoms with Crippen LogP contribution in [0.25, 0.3) is 5.69 Å². The first-order valence-corrected chi connectivity index (χ1v) is 9.85. The van der Waals surface area contributed by atoms with Crippen LogP contribution >= 0.6 is 11.8 Å². The van der Waals surface area contributed by atoms with Crippen molar-refractivity contribution in [1.82, 2.24) is 25.5 Å². The fourth-order valence-electron chi connectivity index (χ4n) is 3.32. The first kappa shape index (κ1) is 18.8. The zero-order valence-electron chi connectivity index (χ0n) is 15.2. The van der Waals surface area contributed by atoms with E-state index in [0.717, 1.165) is 12.8 Å². The number of nitrogens with zero attached hydrogens (tertiary/aromatic N) is 4. The standard InChI is InChI=1S/C18H24FN5OS/c1-11-6-4-9-16(12(11)2)20-17(25)13(3)26-18-21-22-23-24(18)15-8-5-7-14(19)10-15/h5,7-8,10-13,16H,4,6,9H2,1-3H3,(H,20,25)/t11-,12-,13+,16-/m1/s1. The molecule has 1 saturated carbocycles. The molecule has 8 heteroatoms. The molecule has 1 aliphatic carbocycles. The Hall–Kier alpha value is -1.96. The van der Waals surface area contributed by atoms with Gasteiger partial charge in [0.1, 0.15) is 5.82 Å². The first-order chi connectivity index (χ1) is 12.5. The Morgan fingerprint density at radius 3 is 2.96 bits per heavy atom. The molecule has 1 N–H and O–H groups in total. The lowest BCUT2D eigenvalue weighted by atomic mass is 9.78. The third-order valence-corrected chi connectivity index (χ3v) is 6.21. The number of carbonyl (C=O) groups excluding carboxylic acids is 1. The predicted octanol–water partition coefficient (Wildman–Crippen LogP) is 3.22. The minimum atomic E-state index is -0.361. The molecule has 1 heterocycles. The number of aromatic nitrogens is 4. The summed E-state index contributed by atoms with van der Waals surface area (Å²) in [4.78, 5) is 12.6. The van der Waals surface area contributed by atoms with Crippen molar-refractivity contribution in [2.75, 3.05) is 0 Å². The fraction of sp³-hybridized carbons (Fsp3) is 0.556. The van der Waals surface area contributed by atoms with Gasteiger partial charge in [-0.15, -0.1) is 5.10 Å². The number of tetrazole rings is 1. The molecule has 2 aromatic rings. The van der Waals surface area contributed by atoms with Gasteiger partial charge in [-0.2, -0.15) is 4.68 Å². The SMILES string of the molecule is C[C@@H]1[C@H](C)CCC[C@H]1NC(=O)[C@H](C)Sc1nnnn1-c1cccc(F)c1. The number of rotatable bonds is 5. The Balaban J connectivity index is 1.66. The van der Waals surface area contributed by atoms with E-state index in [1.54, 1.807) is 12.1 Å². The summed E-state index contributed by atoms with van der Waals surface area (Å²) in [6, 6.07) is 6.26. The molecule has 1 aromatic heterocycles. The summed E-state index contributed by atoms with van der Waals surface area (Å²) in [7, 11) is 0. The number of carbonyl (C=O) groups is 1. The Kier molecular flexibility index (Phi) is 5.90. The monoisotopic (exact) mass is 377 g/mol. The molecule has 3 rings (SSSR count). The molecule has 6 nitrogen and oxygen atoms in total. The van der Waals surface area contributed by atoms with Gasteiger partial charge in [0.15, 0.2) is 0 Å². The Morgan fingerprint density at radius 1 is 1.38 bits per heavy atom. The van der Waals surface area contributed by atoms with Crippen molar-refractivity contribution >= 4 is 17.7 Å². The van der Waals surface area contributed by atoms with Crippen LogP contribution in [0.1, 0.15) is 40.0 Å². The van der Waals surface area contributed by atoms with Crippen molar-refractivity contribution in [3.63, 3.8) is 0 Å². The lowest BCUT2D eigenvalue weighted by molar-refractivity contribution is -0.121. The highest BCUT2D eigenvalue weighted by Crippen LogP contribution is 2.30. The molecular weight excluding hydrogens is 353 g/mol. The van der Waals surface area contributed by atoms with Gasteiger partial charge in [-0.1, -0.05) is 44.5 Å². The second-order valence-corrected chi connectivity index (χ2v) is 8.30. The summed E-state index contributed by atoms with van der Waals surface area (Å²) in [6.45, 7) is 6.28. The highest BCUT2D eigenvalue weighted by Gasteiger charge is 2.30. The molecule has 26 heavy (non-hydrogen) atoms. The predicted molar refractivity (Wildman–Crippen MR) is 98.5 cm³/mol. The molecular formula is C18H24FN5OS. The minimum Gasteiger partial charge on any atom is -0.352 e. The van der Waals surface area contributed by atoms with Gasteiger partial charge >= 0.3 is 0 Å². The second kappa shape index (κ2) is 8.16. The summed E-state index contributed by atoms with van der Waals surface area (Å²) in [6.07, 6.45) is 3.39.